The summed E-state index contributed by atoms with van der Waals surface area (Å²) in [4.78, 5) is 21.6. The van der Waals surface area contributed by atoms with Crippen LogP contribution >= 0.6 is 34.4 Å². The van der Waals surface area contributed by atoms with Crippen LogP contribution in [0.4, 0.5) is 5.13 Å². The van der Waals surface area contributed by atoms with Crippen LogP contribution in [-0.2, 0) is 5.75 Å². The van der Waals surface area contributed by atoms with E-state index in [-0.39, 0.29) is 5.91 Å². The van der Waals surface area contributed by atoms with Crippen molar-refractivity contribution in [1.82, 2.24) is 9.97 Å². The van der Waals surface area contributed by atoms with E-state index in [1.807, 2.05) is 40.5 Å². The Bertz CT molecular complexity index is 711. The Kier molecular flexibility index (Phi) is 4.64. The lowest BCUT2D eigenvalue weighted by Gasteiger charge is -2.07. The molecule has 0 spiro atoms. The van der Waals surface area contributed by atoms with Gasteiger partial charge in [0.15, 0.2) is 5.13 Å². The molecule has 21 heavy (non-hydrogen) atoms. The van der Waals surface area contributed by atoms with Crippen LogP contribution in [0.3, 0.4) is 0 Å². The van der Waals surface area contributed by atoms with Gasteiger partial charge in [0, 0.05) is 27.6 Å². The highest BCUT2D eigenvalue weighted by atomic mass is 32.2. The van der Waals surface area contributed by atoms with E-state index in [2.05, 4.69) is 15.3 Å². The van der Waals surface area contributed by atoms with Gasteiger partial charge in [0.05, 0.1) is 16.8 Å². The van der Waals surface area contributed by atoms with Gasteiger partial charge in [-0.25, -0.2) is 9.97 Å². The maximum atomic E-state index is 12.3. The number of carbonyl (C=O) groups is 1. The summed E-state index contributed by atoms with van der Waals surface area (Å²) >= 11 is 4.59. The molecular formula is C14H11N3OS3. The molecule has 106 valence electrons. The van der Waals surface area contributed by atoms with Crippen LogP contribution in [0.1, 0.15) is 16.1 Å². The second kappa shape index (κ2) is 6.84. The molecule has 2 aromatic heterocycles. The molecule has 0 saturated heterocycles. The number of thiazole rings is 2. The Morgan fingerprint density at radius 1 is 1.29 bits per heavy atom. The maximum absolute atomic E-state index is 12.3. The largest absolute Gasteiger partial charge is 0.298 e. The van der Waals surface area contributed by atoms with Gasteiger partial charge in [-0.05, 0) is 12.1 Å². The molecule has 0 radical (unpaired) electrons. The highest BCUT2D eigenvalue weighted by Gasteiger charge is 2.12. The second-order valence-electron chi connectivity index (χ2n) is 4.06. The number of thioether (sulfide) groups is 1. The third-order valence-electron chi connectivity index (χ3n) is 2.64. The van der Waals surface area contributed by atoms with Crippen molar-refractivity contribution in [3.8, 4) is 0 Å². The van der Waals surface area contributed by atoms with Gasteiger partial charge in [0.25, 0.3) is 5.91 Å². The van der Waals surface area contributed by atoms with E-state index in [9.17, 15) is 4.79 Å². The molecule has 4 nitrogen and oxygen atoms in total. The van der Waals surface area contributed by atoms with Crippen LogP contribution in [-0.4, -0.2) is 15.9 Å². The molecule has 0 aliphatic rings. The van der Waals surface area contributed by atoms with E-state index in [1.165, 1.54) is 11.3 Å². The topological polar surface area (TPSA) is 54.9 Å². The van der Waals surface area contributed by atoms with Gasteiger partial charge in [-0.3, -0.25) is 10.1 Å². The standard InChI is InChI=1S/C14H11N3OS3/c18-13(17-14-15-5-6-20-14)11-3-1-2-4-12(11)21-8-10-7-19-9-16-10/h1-7,9H,8H2,(H,15,17,18). The first-order chi connectivity index (χ1) is 10.3. The SMILES string of the molecule is O=C(Nc1nccs1)c1ccccc1SCc1cscn1. The molecule has 0 aliphatic carbocycles. The Hall–Kier alpha value is -1.70. The van der Waals surface area contributed by atoms with Crippen LogP contribution in [0.5, 0.6) is 0 Å². The minimum atomic E-state index is -0.133. The van der Waals surface area contributed by atoms with Crippen LogP contribution in [0, 0.1) is 0 Å². The van der Waals surface area contributed by atoms with Crippen molar-refractivity contribution in [3.63, 3.8) is 0 Å². The van der Waals surface area contributed by atoms with Crippen LogP contribution in [0.2, 0.25) is 0 Å². The van der Waals surface area contributed by atoms with Gasteiger partial charge in [-0.2, -0.15) is 0 Å². The Labute approximate surface area is 134 Å². The summed E-state index contributed by atoms with van der Waals surface area (Å²) in [7, 11) is 0. The second-order valence-corrected chi connectivity index (χ2v) is 6.69. The lowest BCUT2D eigenvalue weighted by Crippen LogP contribution is -2.12. The normalized spacial score (nSPS) is 10.5. The number of benzene rings is 1. The molecule has 1 amide bonds. The highest BCUT2D eigenvalue weighted by molar-refractivity contribution is 7.98. The zero-order valence-corrected chi connectivity index (χ0v) is 13.3. The first-order valence-corrected chi connectivity index (χ1v) is 8.93. The minimum absolute atomic E-state index is 0.133. The van der Waals surface area contributed by atoms with Gasteiger partial charge in [-0.15, -0.1) is 34.4 Å². The monoisotopic (exact) mass is 333 g/mol. The van der Waals surface area contributed by atoms with Crippen molar-refractivity contribution >= 4 is 45.5 Å². The van der Waals surface area contributed by atoms with E-state index in [0.29, 0.717) is 10.7 Å². The predicted molar refractivity (Wildman–Crippen MR) is 88.2 cm³/mol. The number of anilines is 1. The zero-order valence-electron chi connectivity index (χ0n) is 10.9. The quantitative estimate of drug-likeness (QED) is 0.713. The summed E-state index contributed by atoms with van der Waals surface area (Å²) in [6.07, 6.45) is 1.67. The number of carbonyl (C=O) groups excluding carboxylic acids is 1. The Balaban J connectivity index is 1.74. The lowest BCUT2D eigenvalue weighted by atomic mass is 10.2. The summed E-state index contributed by atoms with van der Waals surface area (Å²) in [6.45, 7) is 0. The van der Waals surface area contributed by atoms with E-state index in [0.717, 1.165) is 16.3 Å². The molecule has 1 aromatic carbocycles. The van der Waals surface area contributed by atoms with Gasteiger partial charge in [0.1, 0.15) is 0 Å². The van der Waals surface area contributed by atoms with Crippen LogP contribution < -0.4 is 5.32 Å². The minimum Gasteiger partial charge on any atom is -0.298 e. The van der Waals surface area contributed by atoms with Crippen molar-refractivity contribution in [1.29, 1.82) is 0 Å². The summed E-state index contributed by atoms with van der Waals surface area (Å²) in [6, 6.07) is 7.58. The molecular weight excluding hydrogens is 322 g/mol. The van der Waals surface area contributed by atoms with Gasteiger partial charge in [-0.1, -0.05) is 12.1 Å². The summed E-state index contributed by atoms with van der Waals surface area (Å²) in [5, 5.41) is 7.27. The van der Waals surface area contributed by atoms with E-state index >= 15 is 0 Å². The predicted octanol–water partition coefficient (Wildman–Crippen LogP) is 4.14. The molecule has 7 heteroatoms. The fourth-order valence-corrected chi connectivity index (χ4v) is 3.83. The molecule has 1 N–H and O–H groups in total. The van der Waals surface area contributed by atoms with E-state index in [1.54, 1.807) is 29.3 Å². The average Bonchev–Trinajstić information content (AvgIpc) is 3.18. The van der Waals surface area contributed by atoms with Crippen molar-refractivity contribution in [2.75, 3.05) is 5.32 Å². The number of hydrogen-bond donors (Lipinski definition) is 1. The summed E-state index contributed by atoms with van der Waals surface area (Å²) in [5.41, 5.74) is 3.50. The molecule has 2 heterocycles. The highest BCUT2D eigenvalue weighted by Crippen LogP contribution is 2.27. The molecule has 3 rings (SSSR count). The lowest BCUT2D eigenvalue weighted by molar-refractivity contribution is 0.102. The first kappa shape index (κ1) is 14.2. The summed E-state index contributed by atoms with van der Waals surface area (Å²) < 4.78 is 0. The van der Waals surface area contributed by atoms with Gasteiger partial charge >= 0.3 is 0 Å². The average molecular weight is 333 g/mol. The smallest absolute Gasteiger partial charge is 0.258 e. The molecule has 0 fully saturated rings. The third-order valence-corrected chi connectivity index (χ3v) is 5.07. The van der Waals surface area contributed by atoms with Crippen molar-refractivity contribution in [2.24, 2.45) is 0 Å². The molecule has 0 unspecified atom stereocenters. The molecule has 0 aliphatic heterocycles. The molecule has 0 atom stereocenters. The fraction of sp³-hybridized carbons (Fsp3) is 0.0714. The number of aromatic nitrogens is 2. The molecule has 0 bridgehead atoms. The van der Waals surface area contributed by atoms with Crippen molar-refractivity contribution in [2.45, 2.75) is 10.6 Å². The van der Waals surface area contributed by atoms with Crippen LogP contribution in [0.15, 0.2) is 51.6 Å². The van der Waals surface area contributed by atoms with E-state index < -0.39 is 0 Å². The van der Waals surface area contributed by atoms with Gasteiger partial charge in [0.2, 0.25) is 0 Å². The maximum Gasteiger partial charge on any atom is 0.258 e. The first-order valence-electron chi connectivity index (χ1n) is 6.12. The summed E-state index contributed by atoms with van der Waals surface area (Å²) in [5.74, 6) is 0.622. The van der Waals surface area contributed by atoms with Gasteiger partial charge < -0.3 is 0 Å². The van der Waals surface area contributed by atoms with Crippen molar-refractivity contribution < 1.29 is 4.79 Å². The third kappa shape index (κ3) is 3.69. The molecule has 3 aromatic rings. The van der Waals surface area contributed by atoms with E-state index in [4.69, 9.17) is 0 Å². The number of amides is 1. The Morgan fingerprint density at radius 3 is 2.95 bits per heavy atom. The number of nitrogens with one attached hydrogen (secondary N) is 1. The van der Waals surface area contributed by atoms with Crippen molar-refractivity contribution in [3.05, 3.63) is 58.0 Å². The fourth-order valence-electron chi connectivity index (χ4n) is 1.69. The van der Waals surface area contributed by atoms with Crippen LogP contribution in [0.25, 0.3) is 0 Å². The number of hydrogen-bond acceptors (Lipinski definition) is 6. The zero-order chi connectivity index (χ0) is 14.5. The number of rotatable bonds is 5. The molecule has 0 saturated carbocycles. The Morgan fingerprint density at radius 2 is 2.19 bits per heavy atom. The number of nitrogens with zero attached hydrogens (tertiary/aromatic N) is 2.